The van der Waals surface area contributed by atoms with Gasteiger partial charge in [-0.25, -0.2) is 9.67 Å². The maximum absolute atomic E-state index is 5.76. The van der Waals surface area contributed by atoms with E-state index in [0.29, 0.717) is 23.8 Å². The van der Waals surface area contributed by atoms with Gasteiger partial charge in [-0.3, -0.25) is 4.90 Å². The van der Waals surface area contributed by atoms with E-state index < -0.39 is 0 Å². The molecule has 9 heteroatoms. The summed E-state index contributed by atoms with van der Waals surface area (Å²) in [6.07, 6.45) is 1.63. The SMILES string of the molecule is Cc1nc(Cc2nn(CN3CCc4sccc4C3c3cccs3)c(=S)o2)cs1. The van der Waals surface area contributed by atoms with Crippen LogP contribution in [0.15, 0.2) is 38.8 Å². The topological polar surface area (TPSA) is 47.1 Å². The van der Waals surface area contributed by atoms with E-state index in [2.05, 4.69) is 43.9 Å². The molecule has 0 bridgehead atoms. The second-order valence-corrected chi connectivity index (χ2v) is 10.1. The van der Waals surface area contributed by atoms with Crippen molar-refractivity contribution in [3.05, 3.63) is 71.1 Å². The van der Waals surface area contributed by atoms with Gasteiger partial charge in [-0.05, 0) is 54.0 Å². The number of rotatable bonds is 5. The molecule has 5 rings (SSSR count). The lowest BCUT2D eigenvalue weighted by Gasteiger charge is -2.34. The van der Waals surface area contributed by atoms with Crippen LogP contribution in [0.2, 0.25) is 0 Å². The van der Waals surface area contributed by atoms with E-state index in [1.807, 2.05) is 28.3 Å². The molecule has 0 N–H and O–H groups in total. The number of thiazole rings is 1. The van der Waals surface area contributed by atoms with Gasteiger partial charge < -0.3 is 4.42 Å². The molecule has 0 fully saturated rings. The maximum atomic E-state index is 5.76. The van der Waals surface area contributed by atoms with Crippen molar-refractivity contribution in [1.29, 1.82) is 0 Å². The number of fused-ring (bicyclic) bond motifs is 1. The highest BCUT2D eigenvalue weighted by Crippen LogP contribution is 2.39. The number of nitrogens with zero attached hydrogens (tertiary/aromatic N) is 4. The Hall–Kier alpha value is -1.65. The lowest BCUT2D eigenvalue weighted by molar-refractivity contribution is 0.156. The first-order valence-electron chi connectivity index (χ1n) is 8.99. The van der Waals surface area contributed by atoms with Crippen LogP contribution in [0.5, 0.6) is 0 Å². The molecular formula is C19H18N4OS4. The zero-order chi connectivity index (χ0) is 19.1. The maximum Gasteiger partial charge on any atom is 0.288 e. The van der Waals surface area contributed by atoms with Crippen molar-refractivity contribution >= 4 is 46.2 Å². The zero-order valence-corrected chi connectivity index (χ0v) is 18.5. The molecule has 0 spiro atoms. The third-order valence-corrected chi connectivity index (χ3v) is 7.88. The number of aryl methyl sites for hydroxylation is 1. The highest BCUT2D eigenvalue weighted by molar-refractivity contribution is 7.71. The molecule has 0 radical (unpaired) electrons. The predicted molar refractivity (Wildman–Crippen MR) is 116 cm³/mol. The summed E-state index contributed by atoms with van der Waals surface area (Å²) in [5.74, 6) is 0.621. The second-order valence-electron chi connectivity index (χ2n) is 6.72. The van der Waals surface area contributed by atoms with Crippen molar-refractivity contribution in [2.24, 2.45) is 0 Å². The molecule has 0 saturated carbocycles. The summed E-state index contributed by atoms with van der Waals surface area (Å²) < 4.78 is 7.57. The highest BCUT2D eigenvalue weighted by atomic mass is 32.1. The van der Waals surface area contributed by atoms with E-state index in [1.54, 1.807) is 22.7 Å². The Balaban J connectivity index is 1.41. The molecule has 4 aromatic rings. The minimum Gasteiger partial charge on any atom is -0.414 e. The van der Waals surface area contributed by atoms with Gasteiger partial charge in [-0.2, -0.15) is 0 Å². The van der Waals surface area contributed by atoms with Gasteiger partial charge >= 0.3 is 0 Å². The summed E-state index contributed by atoms with van der Waals surface area (Å²) in [5, 5.41) is 12.1. The van der Waals surface area contributed by atoms with Gasteiger partial charge in [0.1, 0.15) is 0 Å². The summed E-state index contributed by atoms with van der Waals surface area (Å²) in [7, 11) is 0. The molecule has 5 heterocycles. The quantitative estimate of drug-likeness (QED) is 0.390. The summed E-state index contributed by atoms with van der Waals surface area (Å²) in [6.45, 7) is 3.60. The predicted octanol–water partition coefficient (Wildman–Crippen LogP) is 5.29. The summed E-state index contributed by atoms with van der Waals surface area (Å²) in [5.41, 5.74) is 2.38. The normalized spacial score (nSPS) is 17.1. The standard InChI is InChI=1S/C19H18N4OS4/c1-12-20-13(10-28-12)9-17-21-23(19(25)24-17)11-22-6-4-15-14(5-8-27-15)18(22)16-3-2-7-26-16/h2-3,5,7-8,10,18H,4,6,9,11H2,1H3. The van der Waals surface area contributed by atoms with Crippen molar-refractivity contribution in [3.8, 4) is 0 Å². The summed E-state index contributed by atoms with van der Waals surface area (Å²) >= 11 is 10.8. The van der Waals surface area contributed by atoms with Gasteiger partial charge in [-0.15, -0.1) is 39.1 Å². The van der Waals surface area contributed by atoms with Crippen molar-refractivity contribution in [2.45, 2.75) is 32.5 Å². The molecule has 1 aliphatic heterocycles. The third kappa shape index (κ3) is 3.53. The number of aromatic nitrogens is 3. The molecule has 0 aromatic carbocycles. The Kier molecular flexibility index (Phi) is 5.02. The van der Waals surface area contributed by atoms with Gasteiger partial charge in [0.05, 0.1) is 29.8 Å². The third-order valence-electron chi connectivity index (χ3n) is 4.84. The van der Waals surface area contributed by atoms with Crippen molar-refractivity contribution in [2.75, 3.05) is 6.54 Å². The molecule has 144 valence electrons. The Labute approximate surface area is 179 Å². The molecule has 0 saturated heterocycles. The van der Waals surface area contributed by atoms with Crippen molar-refractivity contribution in [3.63, 3.8) is 0 Å². The molecule has 5 nitrogen and oxygen atoms in total. The van der Waals surface area contributed by atoms with E-state index in [0.717, 1.165) is 23.7 Å². The van der Waals surface area contributed by atoms with Crippen LogP contribution in [-0.4, -0.2) is 26.2 Å². The van der Waals surface area contributed by atoms with Crippen LogP contribution < -0.4 is 0 Å². The van der Waals surface area contributed by atoms with E-state index in [4.69, 9.17) is 16.6 Å². The van der Waals surface area contributed by atoms with Gasteiger partial charge in [0.15, 0.2) is 0 Å². The molecule has 1 unspecified atom stereocenters. The fourth-order valence-corrected chi connectivity index (χ4v) is 6.21. The molecule has 4 aromatic heterocycles. The van der Waals surface area contributed by atoms with Crippen LogP contribution in [0.3, 0.4) is 0 Å². The lowest BCUT2D eigenvalue weighted by Crippen LogP contribution is -2.36. The van der Waals surface area contributed by atoms with Crippen LogP contribution >= 0.6 is 46.2 Å². The van der Waals surface area contributed by atoms with Crippen LogP contribution in [-0.2, 0) is 19.5 Å². The van der Waals surface area contributed by atoms with E-state index in [-0.39, 0.29) is 6.04 Å². The van der Waals surface area contributed by atoms with Gasteiger partial charge in [0, 0.05) is 21.7 Å². The van der Waals surface area contributed by atoms with Crippen LogP contribution in [0.25, 0.3) is 0 Å². The average Bonchev–Trinajstić information content (AvgIpc) is 3.45. The first kappa shape index (κ1) is 18.4. The van der Waals surface area contributed by atoms with E-state index in [9.17, 15) is 0 Å². The Morgan fingerprint density at radius 3 is 2.96 bits per heavy atom. The van der Waals surface area contributed by atoms with Gasteiger partial charge in [-0.1, -0.05) is 6.07 Å². The van der Waals surface area contributed by atoms with Crippen molar-refractivity contribution < 1.29 is 4.42 Å². The minimum absolute atomic E-state index is 0.248. The lowest BCUT2D eigenvalue weighted by atomic mass is 9.99. The minimum atomic E-state index is 0.248. The molecule has 1 atom stereocenters. The molecule has 0 aliphatic carbocycles. The molecule has 28 heavy (non-hydrogen) atoms. The fourth-order valence-electron chi connectivity index (χ4n) is 3.63. The first-order chi connectivity index (χ1) is 13.7. The van der Waals surface area contributed by atoms with E-state index >= 15 is 0 Å². The first-order valence-corrected chi connectivity index (χ1v) is 12.0. The van der Waals surface area contributed by atoms with E-state index in [1.165, 1.54) is 15.3 Å². The number of thiophene rings is 2. The summed E-state index contributed by atoms with van der Waals surface area (Å²) in [4.78, 5) is 10.2. The van der Waals surface area contributed by atoms with Gasteiger partial charge in [0.2, 0.25) is 5.89 Å². The summed E-state index contributed by atoms with van der Waals surface area (Å²) in [6, 6.07) is 6.84. The smallest absolute Gasteiger partial charge is 0.288 e. The monoisotopic (exact) mass is 446 g/mol. The zero-order valence-electron chi connectivity index (χ0n) is 15.2. The van der Waals surface area contributed by atoms with Crippen LogP contribution in [0.1, 0.15) is 38.0 Å². The van der Waals surface area contributed by atoms with Crippen molar-refractivity contribution in [1.82, 2.24) is 19.7 Å². The Bertz CT molecular complexity index is 1140. The number of hydrogen-bond donors (Lipinski definition) is 0. The Morgan fingerprint density at radius 1 is 1.25 bits per heavy atom. The number of hydrogen-bond acceptors (Lipinski definition) is 8. The molecule has 1 aliphatic rings. The largest absolute Gasteiger partial charge is 0.414 e. The highest BCUT2D eigenvalue weighted by Gasteiger charge is 2.31. The molecule has 0 amide bonds. The average molecular weight is 447 g/mol. The van der Waals surface area contributed by atoms with Gasteiger partial charge in [0.25, 0.3) is 4.84 Å². The van der Waals surface area contributed by atoms with Crippen LogP contribution in [0.4, 0.5) is 0 Å². The Morgan fingerprint density at radius 2 is 2.18 bits per heavy atom. The fraction of sp³-hybridized carbons (Fsp3) is 0.316. The van der Waals surface area contributed by atoms with Crippen LogP contribution in [0, 0.1) is 11.8 Å². The molecular weight excluding hydrogens is 429 g/mol. The second kappa shape index (κ2) is 7.64.